The molecule has 6 heteroatoms. The summed E-state index contributed by atoms with van der Waals surface area (Å²) < 4.78 is 16.9. The van der Waals surface area contributed by atoms with Gasteiger partial charge in [-0.15, -0.1) is 0 Å². The van der Waals surface area contributed by atoms with Crippen LogP contribution >= 0.6 is 0 Å². The Labute approximate surface area is 51.0 Å². The molecule has 0 heterocycles. The molecule has 0 aliphatic heterocycles. The smallest absolute Gasteiger partial charge is 2.00 e. The van der Waals surface area contributed by atoms with Gasteiger partial charge in [-0.05, 0) is 0 Å². The fraction of sp³-hybridized carbons (Fsp3) is 0. The minimum Gasteiger partial charge on any atom is -2.00 e. The summed E-state index contributed by atoms with van der Waals surface area (Å²) >= 11 is -1.62. The zero-order valence-electron chi connectivity index (χ0n) is 2.42. The van der Waals surface area contributed by atoms with E-state index >= 15 is 0 Å². The molecule has 0 bridgehead atoms. The van der Waals surface area contributed by atoms with Crippen molar-refractivity contribution in [2.75, 3.05) is 0 Å². The third kappa shape index (κ3) is 185. The zero-order chi connectivity index (χ0) is 2.71. The van der Waals surface area contributed by atoms with E-state index in [1.807, 2.05) is 0 Å². The van der Waals surface area contributed by atoms with Gasteiger partial charge in [0.1, 0.15) is 0 Å². The molecule has 0 saturated heterocycles. The van der Waals surface area contributed by atoms with E-state index in [9.17, 15) is 0 Å². The second-order valence-electron chi connectivity index (χ2n) is 0.0680. The maximum absolute atomic E-state index is 8.44. The first kappa shape index (κ1) is 31.0. The Balaban J connectivity index is -0.00000000667. The van der Waals surface area contributed by atoms with Gasteiger partial charge in [-0.3, -0.25) is 0 Å². The third-order valence-corrected chi connectivity index (χ3v) is 0. The summed E-state index contributed by atoms with van der Waals surface area (Å²) in [6.45, 7) is 0. The molecular weight excluding hydrogens is 198 g/mol. The Morgan fingerprint density at radius 1 is 1.00 bits per heavy atom. The molecular formula is MnO4Se. The van der Waals surface area contributed by atoms with E-state index in [0.717, 1.165) is 0 Å². The summed E-state index contributed by atoms with van der Waals surface area (Å²) in [6.07, 6.45) is 0. The van der Waals surface area contributed by atoms with Crippen LogP contribution in [0.4, 0.5) is 0 Å². The first-order chi connectivity index (χ1) is 1.41. The molecule has 0 fully saturated rings. The van der Waals surface area contributed by atoms with Crippen LogP contribution in [0.15, 0.2) is 0 Å². The maximum atomic E-state index is 8.44. The first-order valence-electron chi connectivity index (χ1n) is 0.333. The second-order valence-corrected chi connectivity index (χ2v) is 0.354. The van der Waals surface area contributed by atoms with Gasteiger partial charge in [0, 0.05) is 0 Å². The molecule has 0 aromatic carbocycles. The van der Waals surface area contributed by atoms with Crippen molar-refractivity contribution in [1.29, 1.82) is 0 Å². The zero-order valence-corrected chi connectivity index (χ0v) is 5.31. The summed E-state index contributed by atoms with van der Waals surface area (Å²) in [7, 11) is 0. The van der Waals surface area contributed by atoms with E-state index in [1.54, 1.807) is 0 Å². The first-order valence-corrected chi connectivity index (χ1v) is 1.73. The molecule has 0 aromatic rings. The molecule has 0 aliphatic carbocycles. The predicted molar refractivity (Wildman–Crippen MR) is 8.50 cm³/mol. The Morgan fingerprint density at radius 3 is 1.00 bits per heavy atom. The van der Waals surface area contributed by atoms with Crippen LogP contribution in [0.2, 0.25) is 0 Å². The average Bonchev–Trinajstić information content (AvgIpc) is 0.918. The van der Waals surface area contributed by atoms with Gasteiger partial charge in [-0.1, -0.05) is 0 Å². The molecule has 0 saturated carbocycles. The summed E-state index contributed by atoms with van der Waals surface area (Å²) in [5.41, 5.74) is 0. The molecule has 37 valence electrons. The summed E-state index contributed by atoms with van der Waals surface area (Å²) in [5.74, 6) is 0. The standard InChI is InChI=1S/Mn.O2Se.2O/c;1-3-2;;/q+4;;2*-2. The second kappa shape index (κ2) is 47.5. The van der Waals surface area contributed by atoms with Crippen LogP contribution in [-0.2, 0) is 35.7 Å². The summed E-state index contributed by atoms with van der Waals surface area (Å²) in [6, 6.07) is 0. The molecule has 0 atom stereocenters. The molecule has 0 unspecified atom stereocenters. The van der Waals surface area contributed by atoms with Crippen molar-refractivity contribution in [3.8, 4) is 0 Å². The van der Waals surface area contributed by atoms with Crippen molar-refractivity contribution >= 4 is 14.8 Å². The van der Waals surface area contributed by atoms with Crippen molar-refractivity contribution in [3.63, 3.8) is 0 Å². The quantitative estimate of drug-likeness (QED) is 0.473. The van der Waals surface area contributed by atoms with Crippen LogP contribution in [0, 0.1) is 0 Å². The molecule has 0 spiro atoms. The van der Waals surface area contributed by atoms with Crippen molar-refractivity contribution in [2.45, 2.75) is 0 Å². The van der Waals surface area contributed by atoms with Gasteiger partial charge in [0.25, 0.3) is 0 Å². The number of hydrogen-bond acceptors (Lipinski definition) is 2. The van der Waals surface area contributed by atoms with Gasteiger partial charge >= 0.3 is 39.6 Å². The summed E-state index contributed by atoms with van der Waals surface area (Å²) in [4.78, 5) is 0. The number of hydrogen-bond donors (Lipinski definition) is 0. The van der Waals surface area contributed by atoms with E-state index in [0.29, 0.717) is 0 Å². The van der Waals surface area contributed by atoms with Crippen LogP contribution in [0.1, 0.15) is 0 Å². The molecule has 0 N–H and O–H groups in total. The normalized spacial score (nSPS) is 2.00. The fourth-order valence-electron chi connectivity index (χ4n) is 0. The van der Waals surface area contributed by atoms with Crippen molar-refractivity contribution in [2.24, 2.45) is 0 Å². The molecule has 1 radical (unpaired) electrons. The van der Waals surface area contributed by atoms with Gasteiger partial charge in [0.15, 0.2) is 0 Å². The predicted octanol–water partition coefficient (Wildman–Crippen LogP) is -0.859. The van der Waals surface area contributed by atoms with Crippen LogP contribution in [0.3, 0.4) is 0 Å². The topological polar surface area (TPSA) is 91.1 Å². The molecule has 6 heavy (non-hydrogen) atoms. The molecule has 4 nitrogen and oxygen atoms in total. The van der Waals surface area contributed by atoms with Crippen LogP contribution in [0.25, 0.3) is 0 Å². The fourth-order valence-corrected chi connectivity index (χ4v) is 0. The van der Waals surface area contributed by atoms with Crippen LogP contribution in [0.5, 0.6) is 0 Å². The third-order valence-electron chi connectivity index (χ3n) is 0. The molecule has 0 aromatic heterocycles. The Morgan fingerprint density at radius 2 is 1.00 bits per heavy atom. The Hall–Kier alpha value is 0.559. The van der Waals surface area contributed by atoms with E-state index in [1.165, 1.54) is 0 Å². The van der Waals surface area contributed by atoms with Crippen LogP contribution < -0.4 is 0 Å². The summed E-state index contributed by atoms with van der Waals surface area (Å²) in [5, 5.41) is 0. The van der Waals surface area contributed by atoms with E-state index < -0.39 is 14.8 Å². The van der Waals surface area contributed by atoms with E-state index in [4.69, 9.17) is 7.67 Å². The minimum absolute atomic E-state index is 0. The van der Waals surface area contributed by atoms with Crippen molar-refractivity contribution in [3.05, 3.63) is 0 Å². The van der Waals surface area contributed by atoms with Gasteiger partial charge < -0.3 is 11.0 Å². The minimum atomic E-state index is -1.62. The average molecular weight is 198 g/mol. The molecule has 0 rings (SSSR count). The van der Waals surface area contributed by atoms with Crippen LogP contribution in [-0.4, -0.2) is 14.8 Å². The maximum Gasteiger partial charge on any atom is 4.00 e. The molecule has 0 aliphatic rings. The van der Waals surface area contributed by atoms with Gasteiger partial charge in [0.2, 0.25) is 0 Å². The largest absolute Gasteiger partial charge is 4.00 e. The SMILES string of the molecule is O=[Se]=O.[Mn+4].[O-2].[O-2]. The Bertz CT molecular complexity index is 28.5. The number of rotatable bonds is 0. The van der Waals surface area contributed by atoms with Gasteiger partial charge in [-0.25, -0.2) is 0 Å². The molecule has 0 amide bonds. The van der Waals surface area contributed by atoms with Crippen molar-refractivity contribution < 1.29 is 35.7 Å². The van der Waals surface area contributed by atoms with Gasteiger partial charge in [-0.2, -0.15) is 0 Å². The van der Waals surface area contributed by atoms with E-state index in [2.05, 4.69) is 0 Å². The van der Waals surface area contributed by atoms with E-state index in [-0.39, 0.29) is 28.0 Å². The van der Waals surface area contributed by atoms with Crippen molar-refractivity contribution in [1.82, 2.24) is 0 Å². The van der Waals surface area contributed by atoms with Gasteiger partial charge in [0.05, 0.1) is 0 Å². The monoisotopic (exact) mass is 199 g/mol. The Kier molecular flexibility index (Phi) is 245.